The minimum Gasteiger partial charge on any atom is -0.497 e. The van der Waals surface area contributed by atoms with Crippen LogP contribution in [0.3, 0.4) is 0 Å². The third-order valence-corrected chi connectivity index (χ3v) is 4.29. The first-order valence-corrected chi connectivity index (χ1v) is 8.83. The summed E-state index contributed by atoms with van der Waals surface area (Å²) in [5.41, 5.74) is 3.86. The number of nitro benzene ring substituents is 1. The van der Waals surface area contributed by atoms with Crippen LogP contribution >= 0.6 is 0 Å². The zero-order chi connectivity index (χ0) is 21.7. The lowest BCUT2D eigenvalue weighted by atomic mass is 10.1. The van der Waals surface area contributed by atoms with Gasteiger partial charge in [-0.3, -0.25) is 14.9 Å². The topological polar surface area (TPSA) is 116 Å². The van der Waals surface area contributed by atoms with Gasteiger partial charge in [0.2, 0.25) is 0 Å². The molecule has 0 saturated heterocycles. The van der Waals surface area contributed by atoms with Crippen molar-refractivity contribution >= 4 is 17.8 Å². The Morgan fingerprint density at radius 1 is 1.10 bits per heavy atom. The van der Waals surface area contributed by atoms with Crippen LogP contribution in [0.5, 0.6) is 11.5 Å². The number of furan rings is 1. The molecule has 1 aromatic heterocycles. The van der Waals surface area contributed by atoms with Crippen molar-refractivity contribution in [3.05, 3.63) is 75.5 Å². The van der Waals surface area contributed by atoms with Crippen LogP contribution in [0.1, 0.15) is 21.7 Å². The second-order valence-corrected chi connectivity index (χ2v) is 6.26. The van der Waals surface area contributed by atoms with Gasteiger partial charge in [0.25, 0.3) is 11.6 Å². The van der Waals surface area contributed by atoms with Crippen LogP contribution in [0, 0.1) is 17.0 Å². The number of hydrogen-bond acceptors (Lipinski definition) is 7. The van der Waals surface area contributed by atoms with Gasteiger partial charge in [0.15, 0.2) is 0 Å². The Bertz CT molecular complexity index is 1100. The summed E-state index contributed by atoms with van der Waals surface area (Å²) in [6.07, 6.45) is 1.33. The maximum absolute atomic E-state index is 12.3. The first kappa shape index (κ1) is 20.6. The van der Waals surface area contributed by atoms with Crippen molar-refractivity contribution in [2.75, 3.05) is 14.2 Å². The van der Waals surface area contributed by atoms with E-state index in [1.807, 2.05) is 0 Å². The van der Waals surface area contributed by atoms with E-state index in [1.165, 1.54) is 26.5 Å². The molecule has 0 unspecified atom stereocenters. The zero-order valence-electron chi connectivity index (χ0n) is 16.5. The SMILES string of the molecule is COc1cc(OC)cc(C(=O)NN=Cc2ccc(-c3ccc(C)c([N+](=O)[O-])c3)o2)c1. The smallest absolute Gasteiger partial charge is 0.273 e. The van der Waals surface area contributed by atoms with E-state index in [1.54, 1.807) is 49.4 Å². The summed E-state index contributed by atoms with van der Waals surface area (Å²) in [6.45, 7) is 1.67. The molecule has 0 aliphatic carbocycles. The number of nitrogens with zero attached hydrogens (tertiary/aromatic N) is 2. The summed E-state index contributed by atoms with van der Waals surface area (Å²) < 4.78 is 15.9. The van der Waals surface area contributed by atoms with Gasteiger partial charge >= 0.3 is 0 Å². The standard InChI is InChI=1S/C21H19N3O6/c1-13-4-5-14(10-19(13)24(26)27)20-7-6-16(30-20)12-22-23-21(25)15-8-17(28-2)11-18(9-15)29-3/h4-12H,1-3H3,(H,23,25). The van der Waals surface area contributed by atoms with Crippen molar-refractivity contribution in [1.82, 2.24) is 5.43 Å². The molecule has 1 heterocycles. The largest absolute Gasteiger partial charge is 0.497 e. The number of amides is 1. The molecule has 0 saturated carbocycles. The molecular formula is C21H19N3O6. The number of rotatable bonds is 7. The van der Waals surface area contributed by atoms with E-state index in [-0.39, 0.29) is 5.69 Å². The second kappa shape index (κ2) is 8.91. The van der Waals surface area contributed by atoms with E-state index >= 15 is 0 Å². The van der Waals surface area contributed by atoms with Gasteiger partial charge in [0, 0.05) is 28.8 Å². The number of ether oxygens (including phenoxy) is 2. The van der Waals surface area contributed by atoms with Crippen molar-refractivity contribution in [2.24, 2.45) is 5.10 Å². The minimum absolute atomic E-state index is 0.0140. The van der Waals surface area contributed by atoms with Gasteiger partial charge in [-0.25, -0.2) is 5.43 Å². The van der Waals surface area contributed by atoms with Gasteiger partial charge in [-0.15, -0.1) is 0 Å². The summed E-state index contributed by atoms with van der Waals surface area (Å²) in [6, 6.07) is 12.9. The molecule has 9 heteroatoms. The molecule has 1 N–H and O–H groups in total. The average Bonchev–Trinajstić information content (AvgIpc) is 3.22. The fourth-order valence-electron chi connectivity index (χ4n) is 2.69. The number of hydrazone groups is 1. The number of hydrogen-bond donors (Lipinski definition) is 1. The van der Waals surface area contributed by atoms with E-state index in [0.717, 1.165) is 0 Å². The van der Waals surface area contributed by atoms with Gasteiger partial charge in [0.05, 0.1) is 25.4 Å². The number of nitro groups is 1. The number of benzene rings is 2. The van der Waals surface area contributed by atoms with Crippen molar-refractivity contribution in [3.63, 3.8) is 0 Å². The number of carbonyl (C=O) groups excluding carboxylic acids is 1. The van der Waals surface area contributed by atoms with Crippen LogP contribution in [0.2, 0.25) is 0 Å². The third-order valence-electron chi connectivity index (χ3n) is 4.29. The summed E-state index contributed by atoms with van der Waals surface area (Å²) in [7, 11) is 2.98. The van der Waals surface area contributed by atoms with Crippen molar-refractivity contribution in [2.45, 2.75) is 6.92 Å². The first-order valence-electron chi connectivity index (χ1n) is 8.83. The van der Waals surface area contributed by atoms with Crippen molar-refractivity contribution < 1.29 is 23.6 Å². The van der Waals surface area contributed by atoms with Gasteiger partial charge in [0.1, 0.15) is 23.0 Å². The summed E-state index contributed by atoms with van der Waals surface area (Å²) in [5, 5.41) is 15.0. The molecule has 0 aliphatic rings. The van der Waals surface area contributed by atoms with Gasteiger partial charge in [-0.05, 0) is 31.2 Å². The van der Waals surface area contributed by atoms with E-state index in [4.69, 9.17) is 13.9 Å². The van der Waals surface area contributed by atoms with Crippen LogP contribution in [-0.4, -0.2) is 31.3 Å². The van der Waals surface area contributed by atoms with Crippen molar-refractivity contribution in [3.8, 4) is 22.8 Å². The molecule has 0 spiro atoms. The van der Waals surface area contributed by atoms with Crippen LogP contribution in [0.4, 0.5) is 5.69 Å². The fourth-order valence-corrected chi connectivity index (χ4v) is 2.69. The average molecular weight is 409 g/mol. The molecule has 0 bridgehead atoms. The molecule has 3 rings (SSSR count). The second-order valence-electron chi connectivity index (χ2n) is 6.26. The van der Waals surface area contributed by atoms with Gasteiger partial charge < -0.3 is 13.9 Å². The number of methoxy groups -OCH3 is 2. The highest BCUT2D eigenvalue weighted by Gasteiger charge is 2.14. The van der Waals surface area contributed by atoms with E-state index in [0.29, 0.717) is 39.7 Å². The third kappa shape index (κ3) is 4.64. The lowest BCUT2D eigenvalue weighted by Crippen LogP contribution is -2.17. The molecule has 0 fully saturated rings. The lowest BCUT2D eigenvalue weighted by molar-refractivity contribution is -0.385. The van der Waals surface area contributed by atoms with E-state index in [9.17, 15) is 14.9 Å². The Labute approximate surface area is 172 Å². The maximum Gasteiger partial charge on any atom is 0.273 e. The first-order chi connectivity index (χ1) is 14.4. The Balaban J connectivity index is 1.71. The summed E-state index contributed by atoms with van der Waals surface area (Å²) >= 11 is 0. The predicted molar refractivity (Wildman–Crippen MR) is 110 cm³/mol. The Kier molecular flexibility index (Phi) is 6.11. The Morgan fingerprint density at radius 3 is 2.43 bits per heavy atom. The van der Waals surface area contributed by atoms with Gasteiger partial charge in [-0.2, -0.15) is 5.10 Å². The Hall–Kier alpha value is -4.14. The van der Waals surface area contributed by atoms with Crippen molar-refractivity contribution in [1.29, 1.82) is 0 Å². The minimum atomic E-state index is -0.454. The number of nitrogens with one attached hydrogen (secondary N) is 1. The molecule has 3 aromatic rings. The highest BCUT2D eigenvalue weighted by molar-refractivity contribution is 5.95. The highest BCUT2D eigenvalue weighted by atomic mass is 16.6. The summed E-state index contributed by atoms with van der Waals surface area (Å²) in [4.78, 5) is 23.0. The Morgan fingerprint density at radius 2 is 1.80 bits per heavy atom. The molecule has 0 aliphatic heterocycles. The molecule has 154 valence electrons. The van der Waals surface area contributed by atoms with E-state index < -0.39 is 10.8 Å². The fraction of sp³-hybridized carbons (Fsp3) is 0.143. The molecular weight excluding hydrogens is 390 g/mol. The molecule has 1 amide bonds. The van der Waals surface area contributed by atoms with Crippen LogP contribution in [-0.2, 0) is 0 Å². The lowest BCUT2D eigenvalue weighted by Gasteiger charge is -2.07. The molecule has 0 atom stereocenters. The summed E-state index contributed by atoms with van der Waals surface area (Å²) in [5.74, 6) is 1.32. The number of carbonyl (C=O) groups is 1. The molecule has 30 heavy (non-hydrogen) atoms. The van der Waals surface area contributed by atoms with E-state index in [2.05, 4.69) is 10.5 Å². The normalized spacial score (nSPS) is 10.8. The molecule has 0 radical (unpaired) electrons. The van der Waals surface area contributed by atoms with Crippen LogP contribution in [0.15, 0.2) is 58.0 Å². The monoisotopic (exact) mass is 409 g/mol. The highest BCUT2D eigenvalue weighted by Crippen LogP contribution is 2.28. The maximum atomic E-state index is 12.3. The molecule has 9 nitrogen and oxygen atoms in total. The van der Waals surface area contributed by atoms with Gasteiger partial charge in [-0.1, -0.05) is 12.1 Å². The van der Waals surface area contributed by atoms with Crippen LogP contribution < -0.4 is 14.9 Å². The molecule has 2 aromatic carbocycles. The quantitative estimate of drug-likeness (QED) is 0.359. The number of aryl methyl sites for hydroxylation is 1. The van der Waals surface area contributed by atoms with Crippen LogP contribution in [0.25, 0.3) is 11.3 Å². The zero-order valence-corrected chi connectivity index (χ0v) is 16.5. The predicted octanol–water partition coefficient (Wildman–Crippen LogP) is 3.94.